The Kier molecular flexibility index (Phi) is 3.37. The van der Waals surface area contributed by atoms with Crippen LogP contribution in [0.3, 0.4) is 0 Å². The van der Waals surface area contributed by atoms with Gasteiger partial charge in [-0.15, -0.1) is 10.2 Å². The van der Waals surface area contributed by atoms with Crippen molar-refractivity contribution in [2.45, 2.75) is 13.3 Å². The van der Waals surface area contributed by atoms with Gasteiger partial charge in [-0.3, -0.25) is 4.98 Å². The molecule has 2 heterocycles. The van der Waals surface area contributed by atoms with E-state index in [0.717, 1.165) is 39.4 Å². The van der Waals surface area contributed by atoms with Crippen molar-refractivity contribution >= 4 is 27.2 Å². The molecule has 1 aromatic carbocycles. The fourth-order valence-corrected chi connectivity index (χ4v) is 2.75. The number of anilines is 1. The van der Waals surface area contributed by atoms with Crippen LogP contribution < -0.4 is 5.32 Å². The summed E-state index contributed by atoms with van der Waals surface area (Å²) in [6.45, 7) is 3.06. The molecule has 1 N–H and O–H groups in total. The molecule has 0 bridgehead atoms. The van der Waals surface area contributed by atoms with E-state index in [1.165, 1.54) is 0 Å². The van der Waals surface area contributed by atoms with Gasteiger partial charge < -0.3 is 5.32 Å². The van der Waals surface area contributed by atoms with Crippen LogP contribution in [0.4, 0.5) is 5.13 Å². The van der Waals surface area contributed by atoms with Crippen LogP contribution in [-0.2, 0) is 0 Å². The second-order valence-corrected chi connectivity index (χ2v) is 5.22. The molecule has 0 unspecified atom stereocenters. The molecule has 0 aliphatic rings. The Morgan fingerprint density at radius 1 is 1.21 bits per heavy atom. The summed E-state index contributed by atoms with van der Waals surface area (Å²) in [5, 5.41) is 15.8. The average Bonchev–Trinajstić information content (AvgIpc) is 2.93. The SMILES string of the molecule is CCCNc1nnc(-c2cccc3cnccc23)s1. The van der Waals surface area contributed by atoms with Gasteiger partial charge >= 0.3 is 0 Å². The summed E-state index contributed by atoms with van der Waals surface area (Å²) < 4.78 is 0. The Morgan fingerprint density at radius 2 is 2.16 bits per heavy atom. The van der Waals surface area contributed by atoms with E-state index in [9.17, 15) is 0 Å². The molecule has 96 valence electrons. The Hall–Kier alpha value is -2.01. The molecule has 0 aliphatic heterocycles. The maximum Gasteiger partial charge on any atom is 0.206 e. The van der Waals surface area contributed by atoms with Crippen LogP contribution in [-0.4, -0.2) is 21.7 Å². The number of nitrogens with zero attached hydrogens (tertiary/aromatic N) is 3. The molecule has 19 heavy (non-hydrogen) atoms. The maximum absolute atomic E-state index is 4.28. The Labute approximate surface area is 115 Å². The molecule has 0 atom stereocenters. The molecular weight excluding hydrogens is 256 g/mol. The van der Waals surface area contributed by atoms with E-state index in [1.807, 2.05) is 24.5 Å². The van der Waals surface area contributed by atoms with E-state index >= 15 is 0 Å². The summed E-state index contributed by atoms with van der Waals surface area (Å²) >= 11 is 1.59. The quantitative estimate of drug-likeness (QED) is 0.787. The highest BCUT2D eigenvalue weighted by atomic mass is 32.1. The third kappa shape index (κ3) is 2.42. The van der Waals surface area contributed by atoms with Gasteiger partial charge in [-0.05, 0) is 17.9 Å². The zero-order valence-electron chi connectivity index (χ0n) is 10.6. The van der Waals surface area contributed by atoms with Gasteiger partial charge in [0.2, 0.25) is 5.13 Å². The van der Waals surface area contributed by atoms with Crippen LogP contribution in [0.25, 0.3) is 21.3 Å². The van der Waals surface area contributed by atoms with Crippen LogP contribution in [0.1, 0.15) is 13.3 Å². The number of pyridine rings is 1. The van der Waals surface area contributed by atoms with E-state index in [4.69, 9.17) is 0 Å². The van der Waals surface area contributed by atoms with Crippen LogP contribution in [0.5, 0.6) is 0 Å². The predicted molar refractivity (Wildman–Crippen MR) is 79.4 cm³/mol. The molecule has 0 amide bonds. The topological polar surface area (TPSA) is 50.7 Å². The van der Waals surface area contributed by atoms with Gasteiger partial charge in [-0.2, -0.15) is 0 Å². The molecule has 0 radical (unpaired) electrons. The fraction of sp³-hybridized carbons (Fsp3) is 0.214. The van der Waals surface area contributed by atoms with Crippen molar-refractivity contribution < 1.29 is 0 Å². The van der Waals surface area contributed by atoms with Gasteiger partial charge in [0.1, 0.15) is 5.01 Å². The summed E-state index contributed by atoms with van der Waals surface area (Å²) in [6, 6.07) is 8.18. The van der Waals surface area contributed by atoms with Gasteiger partial charge in [0, 0.05) is 29.9 Å². The highest BCUT2D eigenvalue weighted by molar-refractivity contribution is 7.18. The minimum atomic E-state index is 0.878. The van der Waals surface area contributed by atoms with Gasteiger partial charge in [0.15, 0.2) is 0 Å². The van der Waals surface area contributed by atoms with Crippen molar-refractivity contribution in [1.82, 2.24) is 15.2 Å². The normalized spacial score (nSPS) is 10.8. The summed E-state index contributed by atoms with van der Waals surface area (Å²) in [7, 11) is 0. The van der Waals surface area contributed by atoms with Gasteiger partial charge in [0.25, 0.3) is 0 Å². The largest absolute Gasteiger partial charge is 0.360 e. The fourth-order valence-electron chi connectivity index (χ4n) is 1.94. The van der Waals surface area contributed by atoms with E-state index in [2.05, 4.69) is 39.6 Å². The number of nitrogens with one attached hydrogen (secondary N) is 1. The van der Waals surface area contributed by atoms with Gasteiger partial charge in [0.05, 0.1) is 0 Å². The number of hydrogen-bond acceptors (Lipinski definition) is 5. The summed E-state index contributed by atoms with van der Waals surface area (Å²) in [6.07, 6.45) is 4.76. The number of hydrogen-bond donors (Lipinski definition) is 1. The van der Waals surface area contributed by atoms with E-state index < -0.39 is 0 Å². The second kappa shape index (κ2) is 5.32. The molecule has 0 aliphatic carbocycles. The minimum absolute atomic E-state index is 0.878. The lowest BCUT2D eigenvalue weighted by Gasteiger charge is -2.01. The maximum atomic E-state index is 4.28. The molecule has 0 fully saturated rings. The molecule has 3 aromatic rings. The lowest BCUT2D eigenvalue weighted by atomic mass is 10.1. The minimum Gasteiger partial charge on any atom is -0.360 e. The summed E-state index contributed by atoms with van der Waals surface area (Å²) in [5.74, 6) is 0. The molecule has 3 rings (SSSR count). The lowest BCUT2D eigenvalue weighted by Crippen LogP contribution is -1.98. The van der Waals surface area contributed by atoms with Crippen molar-refractivity contribution in [3.05, 3.63) is 36.7 Å². The zero-order chi connectivity index (χ0) is 13.1. The molecule has 0 spiro atoms. The summed E-state index contributed by atoms with van der Waals surface area (Å²) in [5.41, 5.74) is 1.11. The third-order valence-corrected chi connectivity index (χ3v) is 3.78. The Morgan fingerprint density at radius 3 is 3.05 bits per heavy atom. The molecular formula is C14H14N4S. The predicted octanol–water partition coefficient (Wildman–Crippen LogP) is 3.58. The number of fused-ring (bicyclic) bond motifs is 1. The monoisotopic (exact) mass is 270 g/mol. The Balaban J connectivity index is 2.02. The number of rotatable bonds is 4. The average molecular weight is 270 g/mol. The van der Waals surface area contributed by atoms with Crippen LogP contribution in [0.15, 0.2) is 36.7 Å². The number of aromatic nitrogens is 3. The lowest BCUT2D eigenvalue weighted by molar-refractivity contribution is 0.964. The van der Waals surface area contributed by atoms with E-state index in [0.29, 0.717) is 0 Å². The molecule has 0 saturated carbocycles. The molecule has 2 aromatic heterocycles. The first-order chi connectivity index (χ1) is 9.38. The zero-order valence-corrected chi connectivity index (χ0v) is 11.4. The van der Waals surface area contributed by atoms with Gasteiger partial charge in [-0.25, -0.2) is 0 Å². The van der Waals surface area contributed by atoms with Crippen LogP contribution in [0.2, 0.25) is 0 Å². The van der Waals surface area contributed by atoms with Crippen LogP contribution in [0, 0.1) is 0 Å². The smallest absolute Gasteiger partial charge is 0.206 e. The van der Waals surface area contributed by atoms with Crippen molar-refractivity contribution in [3.8, 4) is 10.6 Å². The van der Waals surface area contributed by atoms with Crippen molar-refractivity contribution in [2.75, 3.05) is 11.9 Å². The van der Waals surface area contributed by atoms with Crippen LogP contribution >= 0.6 is 11.3 Å². The first-order valence-electron chi connectivity index (χ1n) is 6.29. The highest BCUT2D eigenvalue weighted by Gasteiger charge is 2.09. The van der Waals surface area contributed by atoms with Crippen molar-refractivity contribution in [3.63, 3.8) is 0 Å². The van der Waals surface area contributed by atoms with E-state index in [1.54, 1.807) is 11.3 Å². The number of benzene rings is 1. The Bertz CT molecular complexity index is 687. The van der Waals surface area contributed by atoms with E-state index in [-0.39, 0.29) is 0 Å². The standard InChI is InChI=1S/C14H14N4S/c1-2-7-16-14-18-17-13(19-14)12-5-3-4-10-9-15-8-6-11(10)12/h3-6,8-9H,2,7H2,1H3,(H,16,18). The highest BCUT2D eigenvalue weighted by Crippen LogP contribution is 2.31. The first kappa shape index (κ1) is 12.0. The first-order valence-corrected chi connectivity index (χ1v) is 7.10. The molecule has 4 nitrogen and oxygen atoms in total. The molecule has 0 saturated heterocycles. The van der Waals surface area contributed by atoms with Crippen molar-refractivity contribution in [1.29, 1.82) is 0 Å². The summed E-state index contributed by atoms with van der Waals surface area (Å²) in [4.78, 5) is 4.15. The third-order valence-electron chi connectivity index (χ3n) is 2.86. The molecule has 5 heteroatoms. The van der Waals surface area contributed by atoms with Crippen molar-refractivity contribution in [2.24, 2.45) is 0 Å². The van der Waals surface area contributed by atoms with Gasteiger partial charge in [-0.1, -0.05) is 36.5 Å². The second-order valence-electron chi connectivity index (χ2n) is 4.24.